The summed E-state index contributed by atoms with van der Waals surface area (Å²) >= 11 is 0. The smallest absolute Gasteiger partial charge is 0.408 e. The molecule has 0 saturated heterocycles. The van der Waals surface area contributed by atoms with Crippen molar-refractivity contribution in [2.24, 2.45) is 0 Å². The number of rotatable bonds is 1. The number of halogens is 3. The van der Waals surface area contributed by atoms with Crippen molar-refractivity contribution in [2.45, 2.75) is 25.2 Å². The lowest BCUT2D eigenvalue weighted by Gasteiger charge is -2.28. The van der Waals surface area contributed by atoms with Crippen molar-refractivity contribution in [3.05, 3.63) is 12.0 Å². The number of nitrogens with one attached hydrogen (secondary N) is 1. The zero-order chi connectivity index (χ0) is 11.9. The first-order valence-electron chi connectivity index (χ1n) is 4.51. The fourth-order valence-corrected chi connectivity index (χ4v) is 1.61. The lowest BCUT2D eigenvalue weighted by Crippen LogP contribution is -2.40. The summed E-state index contributed by atoms with van der Waals surface area (Å²) in [6, 6.07) is -1.71. The van der Waals surface area contributed by atoms with E-state index in [-0.39, 0.29) is 24.5 Å². The third-order valence-electron chi connectivity index (χ3n) is 2.41. The second kappa shape index (κ2) is 3.39. The molecule has 2 heterocycles. The minimum atomic E-state index is -4.38. The summed E-state index contributed by atoms with van der Waals surface area (Å²) < 4.78 is 38.7. The zero-order valence-corrected chi connectivity index (χ0v) is 7.95. The van der Waals surface area contributed by atoms with Crippen molar-refractivity contribution in [3.8, 4) is 0 Å². The maximum absolute atomic E-state index is 12.4. The normalized spacial score (nSPS) is 20.1. The van der Waals surface area contributed by atoms with Gasteiger partial charge in [0.25, 0.3) is 0 Å². The first-order chi connectivity index (χ1) is 7.39. The van der Waals surface area contributed by atoms with Gasteiger partial charge in [0.15, 0.2) is 5.69 Å². The third-order valence-corrected chi connectivity index (χ3v) is 2.41. The highest BCUT2D eigenvalue weighted by molar-refractivity contribution is 5.91. The summed E-state index contributed by atoms with van der Waals surface area (Å²) in [4.78, 5) is 14.2. The number of hydrogen-bond acceptors (Lipinski definition) is 3. The number of hydrogen-bond donors (Lipinski definition) is 2. The molecule has 1 aromatic heterocycles. The highest BCUT2D eigenvalue weighted by atomic mass is 19.4. The van der Waals surface area contributed by atoms with Crippen LogP contribution in [0, 0.1) is 0 Å². The fraction of sp³-hybridized carbons (Fsp3) is 0.500. The summed E-state index contributed by atoms with van der Waals surface area (Å²) in [7, 11) is 0. The molecule has 0 spiro atoms. The summed E-state index contributed by atoms with van der Waals surface area (Å²) in [5.41, 5.74) is -0.381. The molecule has 0 radical (unpaired) electrons. The van der Waals surface area contributed by atoms with Crippen molar-refractivity contribution in [2.75, 3.05) is 5.32 Å². The van der Waals surface area contributed by atoms with Crippen molar-refractivity contribution in [3.63, 3.8) is 0 Å². The van der Waals surface area contributed by atoms with Gasteiger partial charge in [-0.05, 0) is 6.42 Å². The number of carboxylic acid groups (broad SMARTS) is 1. The second-order valence-electron chi connectivity index (χ2n) is 3.47. The van der Waals surface area contributed by atoms with E-state index in [0.717, 1.165) is 0 Å². The molecule has 2 rings (SSSR count). The van der Waals surface area contributed by atoms with E-state index in [2.05, 4.69) is 10.3 Å². The number of anilines is 1. The summed E-state index contributed by atoms with van der Waals surface area (Å²) in [5.74, 6) is -1.43. The quantitative estimate of drug-likeness (QED) is 0.770. The average molecular weight is 235 g/mol. The van der Waals surface area contributed by atoms with Crippen LogP contribution in [0.2, 0.25) is 0 Å². The van der Waals surface area contributed by atoms with Gasteiger partial charge in [-0.2, -0.15) is 13.2 Å². The fourth-order valence-electron chi connectivity index (χ4n) is 1.61. The highest BCUT2D eigenvalue weighted by Crippen LogP contribution is 2.31. The number of fused-ring (bicyclic) bond motifs is 1. The molecule has 0 saturated carbocycles. The molecule has 0 aliphatic carbocycles. The Morgan fingerprint density at radius 2 is 2.31 bits per heavy atom. The molecule has 1 aliphatic rings. The number of carbonyl (C=O) groups is 1. The van der Waals surface area contributed by atoms with E-state index in [9.17, 15) is 18.0 Å². The Kier molecular flexibility index (Phi) is 2.28. The van der Waals surface area contributed by atoms with Crippen molar-refractivity contribution < 1.29 is 23.1 Å². The number of aromatic nitrogens is 2. The Hall–Kier alpha value is -1.73. The van der Waals surface area contributed by atoms with Crippen LogP contribution in [-0.4, -0.2) is 32.8 Å². The minimum Gasteiger partial charge on any atom is -0.476 e. The maximum atomic E-state index is 12.4. The van der Waals surface area contributed by atoms with Crippen LogP contribution in [-0.2, 0) is 6.54 Å². The van der Waals surface area contributed by atoms with E-state index in [0.29, 0.717) is 0 Å². The van der Waals surface area contributed by atoms with Gasteiger partial charge in [-0.1, -0.05) is 0 Å². The van der Waals surface area contributed by atoms with Crippen LogP contribution in [0.4, 0.5) is 19.0 Å². The number of nitrogens with zero attached hydrogens (tertiary/aromatic N) is 2. The van der Waals surface area contributed by atoms with Gasteiger partial charge in [0.05, 0.1) is 6.33 Å². The lowest BCUT2D eigenvalue weighted by atomic mass is 10.1. The standard InChI is InChI=1S/C8H8F3N3O2/c9-8(10,11)4-1-2-14-3-12-5(7(15)16)6(14)13-4/h3-4,13H,1-2H2,(H,15,16). The van der Waals surface area contributed by atoms with Gasteiger partial charge in [-0.25, -0.2) is 9.78 Å². The van der Waals surface area contributed by atoms with Crippen LogP contribution >= 0.6 is 0 Å². The number of aromatic carboxylic acids is 1. The summed E-state index contributed by atoms with van der Waals surface area (Å²) in [5, 5.41) is 10.9. The van der Waals surface area contributed by atoms with Crippen molar-refractivity contribution in [1.82, 2.24) is 9.55 Å². The zero-order valence-electron chi connectivity index (χ0n) is 7.95. The Balaban J connectivity index is 2.31. The van der Waals surface area contributed by atoms with Gasteiger partial charge in [0, 0.05) is 6.54 Å². The molecule has 1 aromatic rings. The van der Waals surface area contributed by atoms with Crippen LogP contribution < -0.4 is 5.32 Å². The number of alkyl halides is 3. The Morgan fingerprint density at radius 1 is 1.62 bits per heavy atom. The molecule has 2 N–H and O–H groups in total. The second-order valence-corrected chi connectivity index (χ2v) is 3.47. The monoisotopic (exact) mass is 235 g/mol. The van der Waals surface area contributed by atoms with E-state index in [1.54, 1.807) is 0 Å². The number of aryl methyl sites for hydroxylation is 1. The predicted molar refractivity (Wildman–Crippen MR) is 47.3 cm³/mol. The lowest BCUT2D eigenvalue weighted by molar-refractivity contribution is -0.145. The summed E-state index contributed by atoms with van der Waals surface area (Å²) in [6.45, 7) is 0.104. The topological polar surface area (TPSA) is 67.1 Å². The van der Waals surface area contributed by atoms with Crippen LogP contribution in [0.15, 0.2) is 6.33 Å². The average Bonchev–Trinajstić information content (AvgIpc) is 2.58. The van der Waals surface area contributed by atoms with Gasteiger partial charge in [-0.3, -0.25) is 0 Å². The van der Waals surface area contributed by atoms with E-state index in [1.165, 1.54) is 10.9 Å². The van der Waals surface area contributed by atoms with Crippen molar-refractivity contribution >= 4 is 11.8 Å². The molecule has 88 valence electrons. The molecule has 1 atom stereocenters. The molecule has 16 heavy (non-hydrogen) atoms. The number of carboxylic acids is 1. The third kappa shape index (κ3) is 1.70. The van der Waals surface area contributed by atoms with E-state index < -0.39 is 18.2 Å². The number of imidazole rings is 1. The predicted octanol–water partition coefficient (Wildman–Crippen LogP) is 1.33. The van der Waals surface area contributed by atoms with E-state index in [4.69, 9.17) is 5.11 Å². The molecular weight excluding hydrogens is 227 g/mol. The molecule has 5 nitrogen and oxygen atoms in total. The molecule has 0 fully saturated rings. The largest absolute Gasteiger partial charge is 0.476 e. The molecule has 0 amide bonds. The highest BCUT2D eigenvalue weighted by Gasteiger charge is 2.42. The van der Waals surface area contributed by atoms with Crippen LogP contribution in [0.3, 0.4) is 0 Å². The van der Waals surface area contributed by atoms with Crippen LogP contribution in [0.5, 0.6) is 0 Å². The molecule has 1 aliphatic heterocycles. The molecule has 8 heteroatoms. The van der Waals surface area contributed by atoms with Gasteiger partial charge >= 0.3 is 12.1 Å². The first-order valence-corrected chi connectivity index (χ1v) is 4.51. The van der Waals surface area contributed by atoms with E-state index >= 15 is 0 Å². The maximum Gasteiger partial charge on any atom is 0.408 e. The minimum absolute atomic E-state index is 0.0823. The molecule has 0 aromatic carbocycles. The van der Waals surface area contributed by atoms with Crippen LogP contribution in [0.1, 0.15) is 16.9 Å². The Morgan fingerprint density at radius 3 is 2.88 bits per heavy atom. The van der Waals surface area contributed by atoms with Gasteiger partial charge in [-0.15, -0.1) is 0 Å². The van der Waals surface area contributed by atoms with Gasteiger partial charge in [0.2, 0.25) is 0 Å². The van der Waals surface area contributed by atoms with Gasteiger partial charge < -0.3 is 15.0 Å². The Labute approximate surface area is 87.9 Å². The first kappa shape index (κ1) is 10.8. The van der Waals surface area contributed by atoms with Gasteiger partial charge in [0.1, 0.15) is 11.9 Å². The Bertz CT molecular complexity index is 427. The molecular formula is C8H8F3N3O2. The van der Waals surface area contributed by atoms with Crippen molar-refractivity contribution in [1.29, 1.82) is 0 Å². The molecule has 1 unspecified atom stereocenters. The summed E-state index contributed by atoms with van der Waals surface area (Å²) in [6.07, 6.45) is -3.30. The SMILES string of the molecule is O=C(O)c1ncn2c1NC(C(F)(F)F)CC2. The van der Waals surface area contributed by atoms with Crippen LogP contribution in [0.25, 0.3) is 0 Å². The van der Waals surface area contributed by atoms with E-state index in [1.807, 2.05) is 0 Å². The molecule has 0 bridgehead atoms.